The van der Waals surface area contributed by atoms with Crippen molar-refractivity contribution in [2.75, 3.05) is 0 Å². The zero-order chi connectivity index (χ0) is 29.5. The van der Waals surface area contributed by atoms with E-state index in [1.54, 1.807) is 0 Å². The Morgan fingerprint density at radius 2 is 1.00 bits per heavy atom. The van der Waals surface area contributed by atoms with Gasteiger partial charge in [-0.15, -0.1) is 0 Å². The maximum atomic E-state index is 14.2. The van der Waals surface area contributed by atoms with Crippen molar-refractivity contribution in [2.24, 2.45) is 0 Å². The molecular formula is C34H28F2O4SiTi. The van der Waals surface area contributed by atoms with E-state index >= 15 is 0 Å². The normalized spacial score (nSPS) is 17.0. The first kappa shape index (κ1) is 28.2. The third-order valence-corrected chi connectivity index (χ3v) is 30.3. The van der Waals surface area contributed by atoms with E-state index in [0.29, 0.717) is 0 Å². The molecule has 2 unspecified atom stereocenters. The molecule has 4 nitrogen and oxygen atoms in total. The van der Waals surface area contributed by atoms with Gasteiger partial charge in [-0.1, -0.05) is 0 Å². The second-order valence-electron chi connectivity index (χ2n) is 10.9. The first-order valence-electron chi connectivity index (χ1n) is 13.7. The number of allylic oxidation sites excluding steroid dienone is 2. The van der Waals surface area contributed by atoms with Gasteiger partial charge < -0.3 is 0 Å². The Bertz CT molecular complexity index is 1720. The molecule has 2 aliphatic carbocycles. The van der Waals surface area contributed by atoms with Gasteiger partial charge in [0, 0.05) is 0 Å². The van der Waals surface area contributed by atoms with Crippen molar-refractivity contribution >= 4 is 30.3 Å². The van der Waals surface area contributed by atoms with Crippen LogP contribution >= 0.6 is 0 Å². The van der Waals surface area contributed by atoms with Crippen molar-refractivity contribution in [1.82, 2.24) is 0 Å². The molecule has 0 amide bonds. The third-order valence-electron chi connectivity index (χ3n) is 8.53. The van der Waals surface area contributed by atoms with Crippen LogP contribution in [0.4, 0.5) is 8.78 Å². The molecule has 0 bridgehead atoms. The van der Waals surface area contributed by atoms with Crippen LogP contribution in [0.5, 0.6) is 0 Å². The molecule has 4 aromatic carbocycles. The molecule has 0 fully saturated rings. The van der Waals surface area contributed by atoms with E-state index in [-0.39, 0.29) is 11.1 Å². The number of halogens is 2. The number of rotatable bonds is 6. The van der Waals surface area contributed by atoms with E-state index in [0.717, 1.165) is 22.3 Å². The van der Waals surface area contributed by atoms with E-state index in [2.05, 4.69) is 0 Å². The van der Waals surface area contributed by atoms with Crippen LogP contribution < -0.4 is 0 Å². The van der Waals surface area contributed by atoms with E-state index in [1.807, 2.05) is 85.9 Å². The van der Waals surface area contributed by atoms with Crippen molar-refractivity contribution in [3.05, 3.63) is 154 Å². The Morgan fingerprint density at radius 1 is 0.619 bits per heavy atom. The molecule has 42 heavy (non-hydrogen) atoms. The summed E-state index contributed by atoms with van der Waals surface area (Å²) in [7, 11) is 0. The minimum absolute atomic E-state index is 0.165. The van der Waals surface area contributed by atoms with Gasteiger partial charge in [-0.25, -0.2) is 0 Å². The van der Waals surface area contributed by atoms with Gasteiger partial charge in [-0.3, -0.25) is 0 Å². The molecule has 0 aromatic heterocycles. The SMILES string of the molecule is C[Si](C)=[Ti]([O]C(=O)c1ccc(F)cc1)([O]C(=O)c1ccc(F)cc1)([CH]1C=Cc2ccccc21)[CH]1C=Cc2ccccc21. The molecule has 0 heterocycles. The number of fused-ring (bicyclic) bond motifs is 2. The molecule has 0 spiro atoms. The third kappa shape index (κ3) is 4.44. The Hall–Kier alpha value is -3.91. The van der Waals surface area contributed by atoms with E-state index < -0.39 is 53.0 Å². The Balaban J connectivity index is 1.67. The van der Waals surface area contributed by atoms with Crippen LogP contribution in [0.2, 0.25) is 13.1 Å². The van der Waals surface area contributed by atoms with Crippen LogP contribution in [0, 0.1) is 11.6 Å². The molecule has 8 heteroatoms. The first-order chi connectivity index (χ1) is 20.2. The van der Waals surface area contributed by atoms with Crippen molar-refractivity contribution in [3.63, 3.8) is 0 Å². The molecule has 6 rings (SSSR count). The van der Waals surface area contributed by atoms with Gasteiger partial charge in [-0.05, 0) is 0 Å². The average molecular weight is 615 g/mol. The quantitative estimate of drug-likeness (QED) is 0.205. The molecular weight excluding hydrogens is 586 g/mol. The van der Waals surface area contributed by atoms with Crippen molar-refractivity contribution in [1.29, 1.82) is 0 Å². The fourth-order valence-electron chi connectivity index (χ4n) is 6.42. The molecule has 0 aliphatic heterocycles. The Kier molecular flexibility index (Phi) is 7.21. The summed E-state index contributed by atoms with van der Waals surface area (Å²) in [6.07, 6.45) is 6.22. The van der Waals surface area contributed by atoms with Gasteiger partial charge in [-0.2, -0.15) is 0 Å². The second-order valence-corrected chi connectivity index (χ2v) is 28.1. The Labute approximate surface area is 245 Å². The fourth-order valence-corrected chi connectivity index (χ4v) is 25.8. The van der Waals surface area contributed by atoms with Crippen LogP contribution in [0.1, 0.15) is 51.4 Å². The number of hydrogen-bond acceptors (Lipinski definition) is 4. The van der Waals surface area contributed by atoms with Gasteiger partial charge in [0.2, 0.25) is 0 Å². The monoisotopic (exact) mass is 614 g/mol. The van der Waals surface area contributed by atoms with Crippen LogP contribution in [0.25, 0.3) is 12.2 Å². The summed E-state index contributed by atoms with van der Waals surface area (Å²) < 4.78 is 40.6. The van der Waals surface area contributed by atoms with Crippen molar-refractivity contribution in [3.8, 4) is 0 Å². The summed E-state index contributed by atoms with van der Waals surface area (Å²) in [5.74, 6) is -2.29. The molecule has 0 saturated carbocycles. The number of carbonyl (C=O) groups is 2. The molecule has 0 radical (unpaired) electrons. The molecule has 0 saturated heterocycles. The molecule has 2 aliphatic rings. The van der Waals surface area contributed by atoms with Crippen LogP contribution in [-0.2, 0) is 21.5 Å². The zero-order valence-corrected chi connectivity index (χ0v) is 25.7. The number of hydrogen-bond donors (Lipinski definition) is 0. The second kappa shape index (κ2) is 10.7. The first-order valence-corrected chi connectivity index (χ1v) is 21.6. The molecule has 2 atom stereocenters. The van der Waals surface area contributed by atoms with E-state index in [9.17, 15) is 18.4 Å². The predicted octanol–water partition coefficient (Wildman–Crippen LogP) is 8.29. The number of carbonyl (C=O) groups excluding carboxylic acids is 2. The van der Waals surface area contributed by atoms with Crippen LogP contribution in [0.3, 0.4) is 0 Å². The van der Waals surface area contributed by atoms with Crippen molar-refractivity contribution in [2.45, 2.75) is 21.5 Å². The summed E-state index contributed by atoms with van der Waals surface area (Å²) in [5, 5.41) is 0. The predicted molar refractivity (Wildman–Crippen MR) is 158 cm³/mol. The zero-order valence-electron chi connectivity index (χ0n) is 23.1. The number of benzene rings is 4. The molecule has 4 aromatic rings. The van der Waals surface area contributed by atoms with E-state index in [1.165, 1.54) is 48.5 Å². The molecule has 0 N–H and O–H groups in total. The molecule has 210 valence electrons. The summed E-state index contributed by atoms with van der Waals surface area (Å²) in [6, 6.07) is 26.1. The topological polar surface area (TPSA) is 52.6 Å². The van der Waals surface area contributed by atoms with Gasteiger partial charge >= 0.3 is 246 Å². The summed E-state index contributed by atoms with van der Waals surface area (Å²) in [5.41, 5.74) is 4.12. The van der Waals surface area contributed by atoms with Gasteiger partial charge in [0.1, 0.15) is 0 Å². The minimum atomic E-state index is -5.63. The average Bonchev–Trinajstić information content (AvgIpc) is 3.63. The fraction of sp³-hybridized carbons (Fsp3) is 0.118. The van der Waals surface area contributed by atoms with E-state index in [4.69, 9.17) is 6.64 Å². The Morgan fingerprint density at radius 3 is 1.38 bits per heavy atom. The van der Waals surface area contributed by atoms with Gasteiger partial charge in [0.25, 0.3) is 0 Å². The summed E-state index contributed by atoms with van der Waals surface area (Å²) >= 11 is -5.63. The summed E-state index contributed by atoms with van der Waals surface area (Å²) in [4.78, 5) is 28.4. The van der Waals surface area contributed by atoms with Crippen LogP contribution in [0.15, 0.2) is 109 Å². The van der Waals surface area contributed by atoms with Crippen LogP contribution in [-0.4, -0.2) is 18.1 Å². The van der Waals surface area contributed by atoms with Gasteiger partial charge in [0.05, 0.1) is 0 Å². The van der Waals surface area contributed by atoms with Gasteiger partial charge in [0.15, 0.2) is 0 Å². The summed E-state index contributed by atoms with van der Waals surface area (Å²) in [6.45, 7) is 4.09. The van der Waals surface area contributed by atoms with Crippen molar-refractivity contribution < 1.29 is 39.8 Å². The standard InChI is InChI=1S/2C9H7.2C7H5FO2.C2H6Si.Ti/c2*1-2-5-9-7-3-6-8(9)4-1;2*8-6-3-1-5(2-4-6)7(9)10;1-3-2;/h2*1-7H;2*1-4H,(H,9,10);1-2H3;/q;;;;;+2/p-2. The maximum absolute atomic E-state index is 14.2.